The van der Waals surface area contributed by atoms with Crippen LogP contribution in [0.5, 0.6) is 0 Å². The second kappa shape index (κ2) is 7.35. The van der Waals surface area contributed by atoms with Crippen molar-refractivity contribution in [3.63, 3.8) is 0 Å². The maximum atomic E-state index is 12.0. The molecule has 7 heteroatoms. The summed E-state index contributed by atoms with van der Waals surface area (Å²) in [6, 6.07) is 9.23. The predicted octanol–water partition coefficient (Wildman–Crippen LogP) is 2.78. The molecule has 2 aromatic rings. The Kier molecular flexibility index (Phi) is 5.24. The highest BCUT2D eigenvalue weighted by Gasteiger charge is 2.25. The lowest BCUT2D eigenvalue weighted by Gasteiger charge is -2.06. The zero-order chi connectivity index (χ0) is 17.7. The molecular weight excluding hydrogens is 310 g/mol. The van der Waals surface area contributed by atoms with Crippen LogP contribution in [0.3, 0.4) is 0 Å². The molecule has 0 aliphatic rings. The van der Waals surface area contributed by atoms with Gasteiger partial charge in [-0.3, -0.25) is 14.9 Å². The number of hydrogen-bond acceptors (Lipinski definition) is 5. The number of H-pyrrole nitrogens is 1. The maximum Gasteiger partial charge on any atom is 0.299 e. The van der Waals surface area contributed by atoms with Crippen molar-refractivity contribution in [2.45, 2.75) is 13.5 Å². The average Bonchev–Trinajstić information content (AvgIpc) is 2.54. The Morgan fingerprint density at radius 2 is 2.00 bits per heavy atom. The number of nitriles is 1. The number of nitrogens with one attached hydrogen (secondary N) is 1. The van der Waals surface area contributed by atoms with Gasteiger partial charge in [0.25, 0.3) is 11.2 Å². The molecule has 0 saturated carbocycles. The Morgan fingerprint density at radius 3 is 2.54 bits per heavy atom. The van der Waals surface area contributed by atoms with Crippen LogP contribution in [-0.2, 0) is 11.3 Å². The summed E-state index contributed by atoms with van der Waals surface area (Å²) in [6.07, 6.45) is 3.10. The van der Waals surface area contributed by atoms with Crippen molar-refractivity contribution in [3.05, 3.63) is 72.7 Å². The molecule has 1 N–H and O–H groups in total. The molecule has 0 amide bonds. The minimum Gasteiger partial charge on any atom is -0.380 e. The normalized spacial score (nSPS) is 10.7. The van der Waals surface area contributed by atoms with E-state index in [1.165, 1.54) is 13.2 Å². The SMILES string of the molecule is COCc1c([N+](=O)[O-])c(/C=C/c2ccc(C)cc2)[nH]c(=O)c1C#N. The van der Waals surface area contributed by atoms with Gasteiger partial charge in [-0.25, -0.2) is 0 Å². The molecule has 24 heavy (non-hydrogen) atoms. The third-order valence-corrected chi connectivity index (χ3v) is 3.42. The summed E-state index contributed by atoms with van der Waals surface area (Å²) in [5.41, 5.74) is 0.584. The van der Waals surface area contributed by atoms with Gasteiger partial charge in [0.15, 0.2) is 0 Å². The van der Waals surface area contributed by atoms with Crippen molar-refractivity contribution in [1.29, 1.82) is 5.26 Å². The molecule has 1 aromatic heterocycles. The molecule has 7 nitrogen and oxygen atoms in total. The van der Waals surface area contributed by atoms with E-state index < -0.39 is 10.5 Å². The minimum absolute atomic E-state index is 0.0247. The molecule has 0 spiro atoms. The highest BCUT2D eigenvalue weighted by atomic mass is 16.6. The Balaban J connectivity index is 2.61. The zero-order valence-electron chi connectivity index (χ0n) is 13.2. The van der Waals surface area contributed by atoms with Crippen LogP contribution in [0.1, 0.15) is 27.9 Å². The number of benzene rings is 1. The van der Waals surface area contributed by atoms with Gasteiger partial charge >= 0.3 is 0 Å². The van der Waals surface area contributed by atoms with Crippen LogP contribution < -0.4 is 5.56 Å². The van der Waals surface area contributed by atoms with Crippen LogP contribution in [0.25, 0.3) is 12.2 Å². The number of methoxy groups -OCH3 is 1. The van der Waals surface area contributed by atoms with Gasteiger partial charge in [-0.05, 0) is 18.6 Å². The summed E-state index contributed by atoms with van der Waals surface area (Å²) in [5.74, 6) is 0. The molecule has 1 aromatic carbocycles. The van der Waals surface area contributed by atoms with Gasteiger partial charge in [0, 0.05) is 7.11 Å². The summed E-state index contributed by atoms with van der Waals surface area (Å²) in [4.78, 5) is 25.2. The lowest BCUT2D eigenvalue weighted by molar-refractivity contribution is -0.386. The van der Waals surface area contributed by atoms with E-state index in [4.69, 9.17) is 10.00 Å². The van der Waals surface area contributed by atoms with Gasteiger partial charge < -0.3 is 9.72 Å². The smallest absolute Gasteiger partial charge is 0.299 e. The van der Waals surface area contributed by atoms with Crippen LogP contribution >= 0.6 is 0 Å². The monoisotopic (exact) mass is 325 g/mol. The summed E-state index contributed by atoms with van der Waals surface area (Å²) >= 11 is 0. The summed E-state index contributed by atoms with van der Waals surface area (Å²) < 4.78 is 4.91. The minimum atomic E-state index is -0.682. The van der Waals surface area contributed by atoms with E-state index in [2.05, 4.69) is 4.98 Å². The van der Waals surface area contributed by atoms with Crippen LogP contribution in [-0.4, -0.2) is 17.0 Å². The Hall–Kier alpha value is -3.24. The van der Waals surface area contributed by atoms with E-state index in [1.807, 2.05) is 31.2 Å². The first-order valence-electron chi connectivity index (χ1n) is 7.05. The van der Waals surface area contributed by atoms with Gasteiger partial charge in [-0.1, -0.05) is 35.9 Å². The molecule has 0 atom stereocenters. The number of hydrogen-bond donors (Lipinski definition) is 1. The molecule has 122 valence electrons. The van der Waals surface area contributed by atoms with E-state index in [1.54, 1.807) is 12.1 Å². The predicted molar refractivity (Wildman–Crippen MR) is 89.3 cm³/mol. The number of ether oxygens (including phenoxy) is 1. The molecule has 0 unspecified atom stereocenters. The second-order valence-electron chi connectivity index (χ2n) is 5.12. The first-order chi connectivity index (χ1) is 11.5. The number of aromatic amines is 1. The number of pyridine rings is 1. The fraction of sp³-hybridized carbons (Fsp3) is 0.176. The van der Waals surface area contributed by atoms with E-state index in [0.717, 1.165) is 11.1 Å². The number of nitro groups is 1. The molecule has 2 rings (SSSR count). The third kappa shape index (κ3) is 3.56. The molecule has 1 heterocycles. The van der Waals surface area contributed by atoms with Gasteiger partial charge in [0.05, 0.1) is 17.1 Å². The third-order valence-electron chi connectivity index (χ3n) is 3.42. The molecule has 0 aliphatic heterocycles. The van der Waals surface area contributed by atoms with E-state index in [-0.39, 0.29) is 29.1 Å². The van der Waals surface area contributed by atoms with E-state index in [9.17, 15) is 14.9 Å². The lowest BCUT2D eigenvalue weighted by Crippen LogP contribution is -2.18. The summed E-state index contributed by atoms with van der Waals surface area (Å²) in [6.45, 7) is 1.75. The standard InChI is InChI=1S/C17H15N3O4/c1-11-3-5-12(6-4-11)7-8-15-16(20(22)23)14(10-24-2)13(9-18)17(21)19-15/h3-8H,10H2,1-2H3,(H,19,21)/b8-7+. The highest BCUT2D eigenvalue weighted by Crippen LogP contribution is 2.25. The zero-order valence-corrected chi connectivity index (χ0v) is 13.2. The molecule has 0 aliphatic carbocycles. The lowest BCUT2D eigenvalue weighted by atomic mass is 10.1. The van der Waals surface area contributed by atoms with Gasteiger partial charge in [-0.15, -0.1) is 0 Å². The maximum absolute atomic E-state index is 12.0. The van der Waals surface area contributed by atoms with Crippen molar-refractivity contribution in [1.82, 2.24) is 4.98 Å². The van der Waals surface area contributed by atoms with Crippen molar-refractivity contribution >= 4 is 17.8 Å². The highest BCUT2D eigenvalue weighted by molar-refractivity contribution is 5.74. The first kappa shape index (κ1) is 17.1. The molecular formula is C17H15N3O4. The van der Waals surface area contributed by atoms with E-state index in [0.29, 0.717) is 0 Å². The molecule has 0 bridgehead atoms. The number of nitrogens with zero attached hydrogens (tertiary/aromatic N) is 2. The fourth-order valence-electron chi connectivity index (χ4n) is 2.25. The van der Waals surface area contributed by atoms with Gasteiger partial charge in [-0.2, -0.15) is 5.26 Å². The second-order valence-corrected chi connectivity index (χ2v) is 5.12. The van der Waals surface area contributed by atoms with Crippen LogP contribution in [0.15, 0.2) is 29.1 Å². The van der Waals surface area contributed by atoms with Crippen molar-refractivity contribution in [2.75, 3.05) is 7.11 Å². The number of rotatable bonds is 5. The number of aromatic nitrogens is 1. The summed E-state index contributed by atoms with van der Waals surface area (Å²) in [7, 11) is 1.34. The van der Waals surface area contributed by atoms with Crippen molar-refractivity contribution in [3.8, 4) is 6.07 Å². The molecule has 0 fully saturated rings. The molecule has 0 saturated heterocycles. The number of aryl methyl sites for hydroxylation is 1. The summed E-state index contributed by atoms with van der Waals surface area (Å²) in [5, 5.41) is 20.5. The van der Waals surface area contributed by atoms with Gasteiger partial charge in [0.1, 0.15) is 17.3 Å². The Morgan fingerprint density at radius 1 is 1.33 bits per heavy atom. The van der Waals surface area contributed by atoms with Crippen LogP contribution in [0.4, 0.5) is 5.69 Å². The van der Waals surface area contributed by atoms with Crippen molar-refractivity contribution < 1.29 is 9.66 Å². The van der Waals surface area contributed by atoms with Crippen LogP contribution in [0, 0.1) is 28.4 Å². The Labute approximate surface area is 138 Å². The van der Waals surface area contributed by atoms with E-state index >= 15 is 0 Å². The van der Waals surface area contributed by atoms with Gasteiger partial charge in [0.2, 0.25) is 0 Å². The first-order valence-corrected chi connectivity index (χ1v) is 7.05. The fourth-order valence-corrected chi connectivity index (χ4v) is 2.25. The molecule has 0 radical (unpaired) electrons. The quantitative estimate of drug-likeness (QED) is 0.671. The van der Waals surface area contributed by atoms with Crippen molar-refractivity contribution in [2.24, 2.45) is 0 Å². The topological polar surface area (TPSA) is 109 Å². The Bertz CT molecular complexity index is 890. The largest absolute Gasteiger partial charge is 0.380 e. The average molecular weight is 325 g/mol. The van der Waals surface area contributed by atoms with Crippen LogP contribution in [0.2, 0.25) is 0 Å².